The maximum Gasteiger partial charge on any atom is 0.407 e. The van der Waals surface area contributed by atoms with E-state index in [-0.39, 0.29) is 182 Å². The molecule has 9 amide bonds. The first-order valence-corrected chi connectivity index (χ1v) is 47.5. The zero-order valence-corrected chi connectivity index (χ0v) is 81.0. The summed E-state index contributed by atoms with van der Waals surface area (Å²) in [5.41, 5.74) is 0.675. The van der Waals surface area contributed by atoms with E-state index in [9.17, 15) is 62.6 Å². The van der Waals surface area contributed by atoms with Gasteiger partial charge in [-0.3, -0.25) is 52.8 Å². The molecule has 0 spiro atoms. The zero-order valence-electron chi connectivity index (χ0n) is 81.0. The second-order valence-electron chi connectivity index (χ2n) is 32.9. The second kappa shape index (κ2) is 65.1. The molecule has 5 atom stereocenters. The summed E-state index contributed by atoms with van der Waals surface area (Å²) in [5.74, 6) is -7.94. The minimum absolute atomic E-state index is 0.0193. The average molecular weight is 1980 g/mol. The van der Waals surface area contributed by atoms with Crippen LogP contribution in [0.1, 0.15) is 134 Å². The van der Waals surface area contributed by atoms with Gasteiger partial charge in [-0.15, -0.1) is 0 Å². The average Bonchev–Trinajstić information content (AvgIpc) is 1.54. The number of ether oxygens (including phenoxy) is 20. The number of imide groups is 1. The van der Waals surface area contributed by atoms with Gasteiger partial charge in [-0.1, -0.05) is 26.8 Å². The molecule has 2 aromatic heterocycles. The third kappa shape index (κ3) is 39.6. The standard InChI is InChI=1S/C95H139FN10O34/c1-7-95(120)73-58-78-87-71(60-106(78)92(117)72(73)62-139-93(95)118)85-75(16-15-69-65(4)74(96)59-77(102-87)84(69)85)103-94(119)140-61-67-13-14-68(57-70(67)89(114)98-21-24-123-28-30-126-34-36-129-40-42-132-46-45-131-41-39-128-35-33-125-29-27-122-23-19-83(111)112)100-88(113)66(5)99-91(116)86(64(2)3)104-90(115)76(101-79(107)12-10-22-105-81(109)17-18-82(105)110)11-8-9-20-97-80(108)63-138-56-55-137-54-53-136-52-51-135-50-49-134-48-47-133-44-43-130-38-37-127-32-31-124-26-25-121-6/h13-14,17-18,57-59,64,66,75-76,86,120H,7-12,15-16,19-56,60-63H2,1-6H3,(H,97,108)(H,98,114)(H,99,116)(H,100,113)(H,101,107)(H,103,119)(H,104,115)(H,111,112)/t66-,75-,76-,86-,95-/m0/s1. The number of unbranched alkanes of at least 4 members (excludes halogenated alkanes) is 1. The fourth-order valence-corrected chi connectivity index (χ4v) is 15.0. The summed E-state index contributed by atoms with van der Waals surface area (Å²) < 4.78 is 127. The van der Waals surface area contributed by atoms with Gasteiger partial charge < -0.3 is 147 Å². The number of aliphatic hydroxyl groups is 1. The molecule has 0 saturated carbocycles. The van der Waals surface area contributed by atoms with Gasteiger partial charge >= 0.3 is 18.0 Å². The lowest BCUT2D eigenvalue weighted by Gasteiger charge is -2.31. The lowest BCUT2D eigenvalue weighted by Crippen LogP contribution is -2.57. The zero-order chi connectivity index (χ0) is 101. The number of aliphatic carboxylic acids is 1. The highest BCUT2D eigenvalue weighted by molar-refractivity contribution is 6.13. The van der Waals surface area contributed by atoms with Crippen LogP contribution in [0.2, 0.25) is 0 Å². The van der Waals surface area contributed by atoms with Crippen molar-refractivity contribution in [3.05, 3.63) is 103 Å². The van der Waals surface area contributed by atoms with Crippen LogP contribution < -0.4 is 42.8 Å². The number of anilines is 1. The number of pyridine rings is 2. The van der Waals surface area contributed by atoms with E-state index in [1.165, 1.54) is 35.8 Å². The Hall–Kier alpha value is -10.1. The van der Waals surface area contributed by atoms with Crippen LogP contribution in [0.5, 0.6) is 0 Å². The summed E-state index contributed by atoms with van der Waals surface area (Å²) in [7, 11) is 1.62. The number of methoxy groups -OCH3 is 1. The number of carboxylic acid groups (broad SMARTS) is 1. The fraction of sp³-hybridized carbons (Fsp3) is 0.653. The second-order valence-corrected chi connectivity index (χ2v) is 32.9. The van der Waals surface area contributed by atoms with E-state index in [1.54, 1.807) is 40.9 Å². The van der Waals surface area contributed by atoms with E-state index in [1.807, 2.05) is 0 Å². The van der Waals surface area contributed by atoms with Crippen molar-refractivity contribution in [3.63, 3.8) is 0 Å². The molecular formula is C95H139FN10O34. The highest BCUT2D eigenvalue weighted by Crippen LogP contribution is 2.46. The summed E-state index contributed by atoms with van der Waals surface area (Å²) in [6.07, 6.45) is 2.29. The number of amides is 9. The van der Waals surface area contributed by atoms with Crippen LogP contribution in [0.4, 0.5) is 14.9 Å². The SMILES string of the molecule is CC[C@@]1(O)C(=O)OCc2c1cc1n(c2=O)Cc2c-1nc1cc(F)c(C)c3c1c2[C@@H](NC(=O)OCc1ccc(NC(=O)[C@H](C)NC(=O)[C@@H](NC(=O)[C@H](CCCCNC(=O)COCCOCCOCCOCCOCCOCCOCCOCCOCCOC)NC(=O)CCCN2C(=O)C=CC2=O)C(C)C)cc1C(=O)NCCOCCOCCOCCOCCOCCOCCOCCOCCC(=O)O)CC3. The number of rotatable bonds is 78. The van der Waals surface area contributed by atoms with Gasteiger partial charge in [-0.05, 0) is 99.6 Å². The molecule has 2 aromatic carbocycles. The molecule has 0 bridgehead atoms. The molecule has 44 nitrogen and oxygen atoms in total. The summed E-state index contributed by atoms with van der Waals surface area (Å²) in [6.45, 7) is 18.6. The van der Waals surface area contributed by atoms with Crippen LogP contribution >= 0.6 is 0 Å². The first-order chi connectivity index (χ1) is 67.8. The highest BCUT2D eigenvalue weighted by Gasteiger charge is 2.46. The van der Waals surface area contributed by atoms with Gasteiger partial charge in [0.1, 0.15) is 43.8 Å². The highest BCUT2D eigenvalue weighted by atomic mass is 19.1. The first-order valence-electron chi connectivity index (χ1n) is 47.5. The van der Waals surface area contributed by atoms with Gasteiger partial charge in [0.05, 0.1) is 266 Å². The molecule has 9 N–H and O–H groups in total. The Morgan fingerprint density at radius 1 is 0.564 bits per heavy atom. The molecule has 4 aromatic rings. The Kier molecular flexibility index (Phi) is 53.6. The number of esters is 1. The van der Waals surface area contributed by atoms with Crippen molar-refractivity contribution in [1.82, 2.24) is 46.4 Å². The number of alkyl carbamates (subject to hydrolysis) is 1. The van der Waals surface area contributed by atoms with Crippen molar-refractivity contribution in [3.8, 4) is 11.4 Å². The van der Waals surface area contributed by atoms with Crippen molar-refractivity contribution < 1.29 is 162 Å². The topological polar surface area (TPSA) is 535 Å². The van der Waals surface area contributed by atoms with Crippen molar-refractivity contribution in [2.75, 3.05) is 263 Å². The van der Waals surface area contributed by atoms with Gasteiger partial charge in [0, 0.05) is 84.7 Å². The molecule has 780 valence electrons. The van der Waals surface area contributed by atoms with Gasteiger partial charge in [0.15, 0.2) is 5.60 Å². The first kappa shape index (κ1) is 115. The molecule has 5 heterocycles. The molecule has 0 radical (unpaired) electrons. The number of aryl methyl sites for hydroxylation is 1. The number of cyclic esters (lactones) is 1. The van der Waals surface area contributed by atoms with Crippen LogP contribution in [0.3, 0.4) is 0 Å². The number of aromatic nitrogens is 2. The summed E-state index contributed by atoms with van der Waals surface area (Å²) in [4.78, 5) is 166. The number of carboxylic acids is 1. The van der Waals surface area contributed by atoms with Crippen molar-refractivity contribution in [2.45, 2.75) is 142 Å². The van der Waals surface area contributed by atoms with Crippen LogP contribution in [-0.4, -0.2) is 366 Å². The molecule has 3 aliphatic heterocycles. The normalized spacial score (nSPS) is 15.3. The lowest BCUT2D eigenvalue weighted by molar-refractivity contribution is -0.172. The van der Waals surface area contributed by atoms with E-state index >= 15 is 4.39 Å². The van der Waals surface area contributed by atoms with Crippen LogP contribution in [-0.2, 0) is 170 Å². The number of halogens is 1. The van der Waals surface area contributed by atoms with Gasteiger partial charge in [-0.2, -0.15) is 0 Å². The maximum atomic E-state index is 15.8. The number of hydrogen-bond acceptors (Lipinski definition) is 34. The number of carbonyl (C=O) groups excluding carboxylic acids is 10. The number of nitrogens with zero attached hydrogens (tertiary/aromatic N) is 3. The summed E-state index contributed by atoms with van der Waals surface area (Å²) in [6, 6.07) is 2.49. The number of benzene rings is 2. The minimum atomic E-state index is -2.12. The van der Waals surface area contributed by atoms with Gasteiger partial charge in [0.2, 0.25) is 29.5 Å². The maximum absolute atomic E-state index is 15.8. The Morgan fingerprint density at radius 2 is 1.08 bits per heavy atom. The Morgan fingerprint density at radius 3 is 1.59 bits per heavy atom. The van der Waals surface area contributed by atoms with E-state index < -0.39 is 119 Å². The molecule has 1 aliphatic carbocycles. The fourth-order valence-electron chi connectivity index (χ4n) is 15.0. The molecular weight excluding hydrogens is 1840 g/mol. The molecule has 140 heavy (non-hydrogen) atoms. The number of carbonyl (C=O) groups is 11. The van der Waals surface area contributed by atoms with Crippen LogP contribution in [0.25, 0.3) is 22.3 Å². The number of fused-ring (bicyclic) bond motifs is 5. The molecule has 0 fully saturated rings. The molecule has 0 unspecified atom stereocenters. The smallest absolute Gasteiger partial charge is 0.407 e. The molecule has 4 aliphatic rings. The third-order valence-electron chi connectivity index (χ3n) is 22.5. The minimum Gasteiger partial charge on any atom is -0.481 e. The van der Waals surface area contributed by atoms with Gasteiger partial charge in [0.25, 0.3) is 23.3 Å². The third-order valence-corrected chi connectivity index (χ3v) is 22.5. The molecule has 0 saturated heterocycles. The van der Waals surface area contributed by atoms with Crippen molar-refractivity contribution in [2.24, 2.45) is 5.92 Å². The van der Waals surface area contributed by atoms with Crippen LogP contribution in [0, 0.1) is 18.7 Å². The lowest BCUT2D eigenvalue weighted by atomic mass is 9.81. The molecule has 8 rings (SSSR count). The number of nitrogens with one attached hydrogen (secondary N) is 7. The summed E-state index contributed by atoms with van der Waals surface area (Å²) >= 11 is 0. The van der Waals surface area contributed by atoms with Crippen molar-refractivity contribution >= 4 is 81.9 Å². The Labute approximate surface area is 812 Å². The quantitative estimate of drug-likeness (QED) is 0.0153. The Bertz CT molecular complexity index is 4660. The largest absolute Gasteiger partial charge is 0.481 e. The van der Waals surface area contributed by atoms with E-state index in [0.29, 0.717) is 212 Å². The summed E-state index contributed by atoms with van der Waals surface area (Å²) in [5, 5.41) is 40.2. The monoisotopic (exact) mass is 1980 g/mol. The van der Waals surface area contributed by atoms with Crippen LogP contribution in [0.15, 0.2) is 47.3 Å². The van der Waals surface area contributed by atoms with Gasteiger partial charge in [-0.25, -0.2) is 19.0 Å². The number of hydrogen-bond donors (Lipinski definition) is 9. The Balaban J connectivity index is 0.792. The van der Waals surface area contributed by atoms with Crippen molar-refractivity contribution in [1.29, 1.82) is 0 Å². The predicted molar refractivity (Wildman–Crippen MR) is 497 cm³/mol. The van der Waals surface area contributed by atoms with E-state index in [2.05, 4.69) is 37.2 Å². The van der Waals surface area contributed by atoms with E-state index in [0.717, 1.165) is 17.1 Å². The predicted octanol–water partition coefficient (Wildman–Crippen LogP) is 2.63. The molecule has 45 heteroatoms. The van der Waals surface area contributed by atoms with E-state index in [4.69, 9.17) is 105 Å².